The summed E-state index contributed by atoms with van der Waals surface area (Å²) in [7, 11) is 2.09. The van der Waals surface area contributed by atoms with E-state index in [0.29, 0.717) is 6.54 Å². The molecular formula is C22H22FN3OS. The summed E-state index contributed by atoms with van der Waals surface area (Å²) in [6.07, 6.45) is 0.263. The zero-order valence-electron chi connectivity index (χ0n) is 15.7. The Morgan fingerprint density at radius 3 is 2.79 bits per heavy atom. The summed E-state index contributed by atoms with van der Waals surface area (Å²) in [5.41, 5.74) is 2.63. The standard InChI is InChI=1S/C22H22FN3OS/c1-25-10-11-26(20(14-25)16-6-3-2-4-7-16)21(27)13-19-15-28-22(24-19)17-8-5-9-18(23)12-17/h2-9,12,15,20H,10-11,13-14H2,1H3. The number of nitrogens with zero attached hydrogens (tertiary/aromatic N) is 3. The van der Waals surface area contributed by atoms with Crippen LogP contribution in [-0.4, -0.2) is 47.4 Å². The number of carbonyl (C=O) groups is 1. The van der Waals surface area contributed by atoms with Crippen LogP contribution in [0.15, 0.2) is 60.0 Å². The Labute approximate surface area is 168 Å². The van der Waals surface area contributed by atoms with E-state index in [2.05, 4.69) is 29.1 Å². The van der Waals surface area contributed by atoms with Crippen LogP contribution in [0.4, 0.5) is 4.39 Å². The molecule has 2 aromatic carbocycles. The molecule has 0 bridgehead atoms. The smallest absolute Gasteiger partial charge is 0.229 e. The molecule has 28 heavy (non-hydrogen) atoms. The molecule has 1 atom stereocenters. The van der Waals surface area contributed by atoms with Crippen LogP contribution in [0.3, 0.4) is 0 Å². The van der Waals surface area contributed by atoms with Gasteiger partial charge in [-0.15, -0.1) is 11.3 Å². The van der Waals surface area contributed by atoms with Crippen LogP contribution >= 0.6 is 11.3 Å². The largest absolute Gasteiger partial charge is 0.333 e. The Hall–Kier alpha value is -2.57. The lowest BCUT2D eigenvalue weighted by atomic mass is 10.0. The van der Waals surface area contributed by atoms with Crippen molar-refractivity contribution in [3.05, 3.63) is 77.1 Å². The zero-order valence-corrected chi connectivity index (χ0v) is 16.5. The maximum Gasteiger partial charge on any atom is 0.229 e. The van der Waals surface area contributed by atoms with Gasteiger partial charge in [-0.2, -0.15) is 0 Å². The second kappa shape index (κ2) is 8.20. The van der Waals surface area contributed by atoms with Crippen LogP contribution in [0.5, 0.6) is 0 Å². The van der Waals surface area contributed by atoms with Crippen LogP contribution in [0, 0.1) is 5.82 Å². The van der Waals surface area contributed by atoms with Gasteiger partial charge in [-0.05, 0) is 24.7 Å². The van der Waals surface area contributed by atoms with E-state index in [0.717, 1.165) is 34.9 Å². The molecule has 1 aliphatic rings. The van der Waals surface area contributed by atoms with Gasteiger partial charge in [-0.25, -0.2) is 9.37 Å². The molecule has 1 fully saturated rings. The Balaban J connectivity index is 1.51. The summed E-state index contributed by atoms with van der Waals surface area (Å²) in [6.45, 7) is 2.39. The lowest BCUT2D eigenvalue weighted by Gasteiger charge is -2.40. The highest BCUT2D eigenvalue weighted by Gasteiger charge is 2.30. The van der Waals surface area contributed by atoms with Crippen molar-refractivity contribution in [2.24, 2.45) is 0 Å². The first-order valence-electron chi connectivity index (χ1n) is 9.33. The SMILES string of the molecule is CN1CCN(C(=O)Cc2csc(-c3cccc(F)c3)n2)C(c2ccccc2)C1. The number of hydrogen-bond donors (Lipinski definition) is 0. The number of rotatable bonds is 4. The monoisotopic (exact) mass is 395 g/mol. The van der Waals surface area contributed by atoms with E-state index >= 15 is 0 Å². The van der Waals surface area contributed by atoms with Gasteiger partial charge >= 0.3 is 0 Å². The van der Waals surface area contributed by atoms with E-state index in [-0.39, 0.29) is 24.2 Å². The zero-order chi connectivity index (χ0) is 19.5. The molecule has 1 aliphatic heterocycles. The number of hydrogen-bond acceptors (Lipinski definition) is 4. The van der Waals surface area contributed by atoms with Crippen molar-refractivity contribution in [2.45, 2.75) is 12.5 Å². The van der Waals surface area contributed by atoms with Gasteiger partial charge in [0, 0.05) is 30.6 Å². The average Bonchev–Trinajstić information content (AvgIpc) is 3.17. The summed E-state index contributed by atoms with van der Waals surface area (Å²) in [6, 6.07) is 16.6. The summed E-state index contributed by atoms with van der Waals surface area (Å²) < 4.78 is 13.5. The van der Waals surface area contributed by atoms with E-state index in [4.69, 9.17) is 0 Å². The number of amides is 1. The molecular weight excluding hydrogens is 373 g/mol. The third kappa shape index (κ3) is 4.13. The molecule has 3 aromatic rings. The molecule has 144 valence electrons. The van der Waals surface area contributed by atoms with Crippen molar-refractivity contribution in [2.75, 3.05) is 26.7 Å². The average molecular weight is 396 g/mol. The number of piperazine rings is 1. The van der Waals surface area contributed by atoms with Gasteiger partial charge in [0.25, 0.3) is 0 Å². The molecule has 4 nitrogen and oxygen atoms in total. The number of likely N-dealkylation sites (N-methyl/N-ethyl adjacent to an activating group) is 1. The Morgan fingerprint density at radius 1 is 1.18 bits per heavy atom. The summed E-state index contributed by atoms with van der Waals surface area (Å²) in [5, 5.41) is 2.63. The minimum Gasteiger partial charge on any atom is -0.333 e. The summed E-state index contributed by atoms with van der Waals surface area (Å²) in [5.74, 6) is -0.202. The van der Waals surface area contributed by atoms with E-state index in [9.17, 15) is 9.18 Å². The topological polar surface area (TPSA) is 36.4 Å². The number of aromatic nitrogens is 1. The maximum absolute atomic E-state index is 13.5. The second-order valence-corrected chi connectivity index (χ2v) is 7.97. The van der Waals surface area contributed by atoms with Gasteiger partial charge in [-0.1, -0.05) is 42.5 Å². The van der Waals surface area contributed by atoms with Gasteiger partial charge in [0.15, 0.2) is 0 Å². The van der Waals surface area contributed by atoms with Crippen molar-refractivity contribution in [3.63, 3.8) is 0 Å². The fourth-order valence-corrected chi connectivity index (χ4v) is 4.39. The molecule has 0 aliphatic carbocycles. The predicted octanol–water partition coefficient (Wildman–Crippen LogP) is 4.01. The molecule has 6 heteroatoms. The first kappa shape index (κ1) is 18.8. The first-order chi connectivity index (χ1) is 13.6. The Kier molecular flexibility index (Phi) is 5.50. The normalized spacial score (nSPS) is 17.6. The van der Waals surface area contributed by atoms with Crippen molar-refractivity contribution < 1.29 is 9.18 Å². The number of carbonyl (C=O) groups excluding carboxylic acids is 1. The molecule has 1 unspecified atom stereocenters. The quantitative estimate of drug-likeness (QED) is 0.670. The second-order valence-electron chi connectivity index (χ2n) is 7.11. The van der Waals surface area contributed by atoms with E-state index in [1.807, 2.05) is 34.5 Å². The van der Waals surface area contributed by atoms with Crippen LogP contribution < -0.4 is 0 Å². The third-order valence-corrected chi connectivity index (χ3v) is 5.98. The molecule has 0 saturated carbocycles. The molecule has 0 radical (unpaired) electrons. The van der Waals surface area contributed by atoms with E-state index in [1.54, 1.807) is 6.07 Å². The van der Waals surface area contributed by atoms with Crippen molar-refractivity contribution >= 4 is 17.2 Å². The van der Waals surface area contributed by atoms with Gasteiger partial charge in [0.1, 0.15) is 10.8 Å². The van der Waals surface area contributed by atoms with Crippen LogP contribution in [0.2, 0.25) is 0 Å². The van der Waals surface area contributed by atoms with Gasteiger partial charge in [0.05, 0.1) is 18.2 Å². The van der Waals surface area contributed by atoms with Crippen molar-refractivity contribution in [3.8, 4) is 10.6 Å². The van der Waals surface area contributed by atoms with E-state index < -0.39 is 0 Å². The highest BCUT2D eigenvalue weighted by Crippen LogP contribution is 2.27. The number of benzene rings is 2. The molecule has 0 N–H and O–H groups in total. The number of halogens is 1. The molecule has 4 rings (SSSR count). The lowest BCUT2D eigenvalue weighted by molar-refractivity contribution is -0.135. The van der Waals surface area contributed by atoms with Crippen molar-refractivity contribution in [1.82, 2.24) is 14.8 Å². The highest BCUT2D eigenvalue weighted by atomic mass is 32.1. The maximum atomic E-state index is 13.5. The molecule has 0 spiro atoms. The fraction of sp³-hybridized carbons (Fsp3) is 0.273. The first-order valence-corrected chi connectivity index (χ1v) is 10.2. The van der Waals surface area contributed by atoms with Crippen molar-refractivity contribution in [1.29, 1.82) is 0 Å². The summed E-state index contributed by atoms with van der Waals surface area (Å²) in [4.78, 5) is 21.9. The molecule has 2 heterocycles. The minimum absolute atomic E-state index is 0.0498. The number of thiazole rings is 1. The van der Waals surface area contributed by atoms with Gasteiger partial charge < -0.3 is 9.80 Å². The lowest BCUT2D eigenvalue weighted by Crippen LogP contribution is -2.49. The Morgan fingerprint density at radius 2 is 2.00 bits per heavy atom. The fourth-order valence-electron chi connectivity index (χ4n) is 3.58. The van der Waals surface area contributed by atoms with E-state index in [1.165, 1.54) is 23.5 Å². The Bertz CT molecular complexity index is 959. The molecule has 1 amide bonds. The van der Waals surface area contributed by atoms with Crippen LogP contribution in [-0.2, 0) is 11.2 Å². The van der Waals surface area contributed by atoms with Gasteiger partial charge in [-0.3, -0.25) is 4.79 Å². The predicted molar refractivity (Wildman–Crippen MR) is 110 cm³/mol. The molecule has 1 saturated heterocycles. The molecule has 1 aromatic heterocycles. The van der Waals surface area contributed by atoms with Crippen LogP contribution in [0.25, 0.3) is 10.6 Å². The van der Waals surface area contributed by atoms with Gasteiger partial charge in [0.2, 0.25) is 5.91 Å². The third-order valence-electron chi connectivity index (χ3n) is 5.04. The summed E-state index contributed by atoms with van der Waals surface area (Å²) >= 11 is 1.44. The minimum atomic E-state index is -0.284. The van der Waals surface area contributed by atoms with Crippen LogP contribution in [0.1, 0.15) is 17.3 Å². The highest BCUT2D eigenvalue weighted by molar-refractivity contribution is 7.13.